The van der Waals surface area contributed by atoms with Crippen LogP contribution in [-0.2, 0) is 0 Å². The van der Waals surface area contributed by atoms with Crippen molar-refractivity contribution in [3.63, 3.8) is 0 Å². The fraction of sp³-hybridized carbons (Fsp3) is 0.571. The Labute approximate surface area is 97.8 Å². The van der Waals surface area contributed by atoms with E-state index in [4.69, 9.17) is 10.5 Å². The highest BCUT2D eigenvalue weighted by molar-refractivity contribution is 5.31. The van der Waals surface area contributed by atoms with Gasteiger partial charge in [-0.1, -0.05) is 25.1 Å². The number of nitrogens with two attached hydrogens (primary N) is 1. The lowest BCUT2D eigenvalue weighted by Crippen LogP contribution is -2.46. The molecule has 0 atom stereocenters. The number of aryl methyl sites for hydroxylation is 1. The van der Waals surface area contributed by atoms with Crippen LogP contribution in [0.2, 0.25) is 0 Å². The number of hydrogen-bond donors (Lipinski definition) is 1. The van der Waals surface area contributed by atoms with Gasteiger partial charge in [0.15, 0.2) is 0 Å². The molecule has 0 spiro atoms. The van der Waals surface area contributed by atoms with Gasteiger partial charge >= 0.3 is 0 Å². The van der Waals surface area contributed by atoms with E-state index < -0.39 is 0 Å². The molecule has 1 aromatic carbocycles. The van der Waals surface area contributed by atoms with Crippen LogP contribution in [0.5, 0.6) is 5.75 Å². The van der Waals surface area contributed by atoms with E-state index in [1.165, 1.54) is 18.4 Å². The number of ether oxygens (including phenoxy) is 1. The smallest absolute Gasteiger partial charge is 0.122 e. The first-order valence-electron chi connectivity index (χ1n) is 6.04. The summed E-state index contributed by atoms with van der Waals surface area (Å²) < 4.78 is 5.90. The van der Waals surface area contributed by atoms with Crippen LogP contribution in [0.3, 0.4) is 0 Å². The topological polar surface area (TPSA) is 35.2 Å². The molecule has 1 fully saturated rings. The average Bonchev–Trinajstić information content (AvgIpc) is 2.24. The van der Waals surface area contributed by atoms with E-state index in [9.17, 15) is 0 Å². The van der Waals surface area contributed by atoms with Gasteiger partial charge in [-0.25, -0.2) is 0 Å². The van der Waals surface area contributed by atoms with Crippen LogP contribution in [-0.4, -0.2) is 13.2 Å². The molecule has 0 amide bonds. The molecule has 0 aromatic heterocycles. The first-order chi connectivity index (χ1) is 7.65. The minimum absolute atomic E-state index is 0.238. The molecule has 16 heavy (non-hydrogen) atoms. The quantitative estimate of drug-likeness (QED) is 0.845. The van der Waals surface area contributed by atoms with Crippen molar-refractivity contribution in [1.82, 2.24) is 0 Å². The lowest BCUT2D eigenvalue weighted by Gasteiger charge is -2.45. The molecule has 2 rings (SSSR count). The summed E-state index contributed by atoms with van der Waals surface area (Å²) in [5.74, 6) is 1.80. The fourth-order valence-corrected chi connectivity index (χ4v) is 2.71. The van der Waals surface area contributed by atoms with Crippen LogP contribution in [0.25, 0.3) is 0 Å². The van der Waals surface area contributed by atoms with E-state index in [1.54, 1.807) is 0 Å². The van der Waals surface area contributed by atoms with Crippen LogP contribution in [0.1, 0.15) is 25.3 Å². The minimum atomic E-state index is 0.238. The third-order valence-corrected chi connectivity index (χ3v) is 3.62. The predicted molar refractivity (Wildman–Crippen MR) is 66.6 cm³/mol. The molecular formula is C14H21NO. The molecule has 2 nitrogen and oxygen atoms in total. The lowest BCUT2D eigenvalue weighted by atomic mass is 9.63. The highest BCUT2D eigenvalue weighted by Crippen LogP contribution is 2.44. The fourth-order valence-electron chi connectivity index (χ4n) is 2.71. The number of hydrogen-bond acceptors (Lipinski definition) is 2. The summed E-state index contributed by atoms with van der Waals surface area (Å²) in [5, 5.41) is 0. The highest BCUT2D eigenvalue weighted by Gasteiger charge is 2.41. The maximum atomic E-state index is 5.90. The van der Waals surface area contributed by atoms with Gasteiger partial charge in [0.2, 0.25) is 0 Å². The molecule has 0 heterocycles. The Balaban J connectivity index is 1.94. The van der Waals surface area contributed by atoms with Gasteiger partial charge in [0.25, 0.3) is 0 Å². The molecule has 0 aliphatic heterocycles. The maximum Gasteiger partial charge on any atom is 0.122 e. The third-order valence-electron chi connectivity index (χ3n) is 3.62. The van der Waals surface area contributed by atoms with Crippen molar-refractivity contribution in [2.75, 3.05) is 13.2 Å². The molecule has 2 heteroatoms. The second-order valence-corrected chi connectivity index (χ2v) is 5.27. The van der Waals surface area contributed by atoms with Crippen LogP contribution in [0, 0.1) is 18.3 Å². The van der Waals surface area contributed by atoms with Gasteiger partial charge < -0.3 is 10.5 Å². The van der Waals surface area contributed by atoms with Crippen LogP contribution >= 0.6 is 0 Å². The molecule has 88 valence electrons. The summed E-state index contributed by atoms with van der Waals surface area (Å²) in [4.78, 5) is 0. The summed E-state index contributed by atoms with van der Waals surface area (Å²) >= 11 is 0. The van der Waals surface area contributed by atoms with Gasteiger partial charge in [-0.2, -0.15) is 0 Å². The molecular weight excluding hydrogens is 198 g/mol. The Bertz CT molecular complexity index is 356. The third kappa shape index (κ3) is 2.22. The number of rotatable bonds is 4. The summed E-state index contributed by atoms with van der Waals surface area (Å²) in [6.45, 7) is 5.86. The van der Waals surface area contributed by atoms with Gasteiger partial charge in [-0.3, -0.25) is 0 Å². The SMILES string of the molecule is Cc1ccccc1OCC1(CN)CC(C)C1. The first kappa shape index (κ1) is 11.5. The summed E-state index contributed by atoms with van der Waals surface area (Å²) in [6, 6.07) is 8.16. The maximum absolute atomic E-state index is 5.90. The van der Waals surface area contributed by atoms with E-state index in [0.717, 1.165) is 24.8 Å². The molecule has 1 aromatic rings. The van der Waals surface area contributed by atoms with Crippen molar-refractivity contribution in [3.05, 3.63) is 29.8 Å². The van der Waals surface area contributed by atoms with Crippen molar-refractivity contribution >= 4 is 0 Å². The zero-order valence-corrected chi connectivity index (χ0v) is 10.2. The largest absolute Gasteiger partial charge is 0.493 e. The summed E-state index contributed by atoms with van der Waals surface area (Å²) in [5.41, 5.74) is 7.29. The van der Waals surface area contributed by atoms with Crippen LogP contribution in [0.4, 0.5) is 0 Å². The number of benzene rings is 1. The van der Waals surface area contributed by atoms with E-state index >= 15 is 0 Å². The molecule has 1 aliphatic rings. The van der Waals surface area contributed by atoms with Gasteiger partial charge in [-0.15, -0.1) is 0 Å². The predicted octanol–water partition coefficient (Wildman–Crippen LogP) is 2.75. The Hall–Kier alpha value is -1.02. The van der Waals surface area contributed by atoms with E-state index in [1.807, 2.05) is 18.2 Å². The van der Waals surface area contributed by atoms with Crippen molar-refractivity contribution < 1.29 is 4.74 Å². The van der Waals surface area contributed by atoms with Gasteiger partial charge in [-0.05, 0) is 37.3 Å². The Morgan fingerprint density at radius 1 is 1.38 bits per heavy atom. The van der Waals surface area contributed by atoms with Crippen molar-refractivity contribution in [3.8, 4) is 5.75 Å². The first-order valence-corrected chi connectivity index (χ1v) is 6.04. The highest BCUT2D eigenvalue weighted by atomic mass is 16.5. The zero-order valence-electron chi connectivity index (χ0n) is 10.2. The molecule has 0 radical (unpaired) electrons. The van der Waals surface area contributed by atoms with Crippen molar-refractivity contribution in [1.29, 1.82) is 0 Å². The van der Waals surface area contributed by atoms with Crippen LogP contribution in [0.15, 0.2) is 24.3 Å². The monoisotopic (exact) mass is 219 g/mol. The Kier molecular flexibility index (Phi) is 3.20. The average molecular weight is 219 g/mol. The number of para-hydroxylation sites is 1. The normalized spacial score (nSPS) is 28.6. The second-order valence-electron chi connectivity index (χ2n) is 5.27. The molecule has 1 aliphatic carbocycles. The summed E-state index contributed by atoms with van der Waals surface area (Å²) in [6.07, 6.45) is 2.41. The molecule has 1 saturated carbocycles. The zero-order chi connectivity index (χ0) is 11.6. The molecule has 0 saturated heterocycles. The summed E-state index contributed by atoms with van der Waals surface area (Å²) in [7, 11) is 0. The van der Waals surface area contributed by atoms with E-state index in [2.05, 4.69) is 19.9 Å². The molecule has 2 N–H and O–H groups in total. The van der Waals surface area contributed by atoms with Crippen LogP contribution < -0.4 is 10.5 Å². The Morgan fingerprint density at radius 2 is 2.06 bits per heavy atom. The van der Waals surface area contributed by atoms with Crippen molar-refractivity contribution in [2.24, 2.45) is 17.1 Å². The van der Waals surface area contributed by atoms with Gasteiger partial charge in [0, 0.05) is 12.0 Å². The van der Waals surface area contributed by atoms with Crippen molar-refractivity contribution in [2.45, 2.75) is 26.7 Å². The van der Waals surface area contributed by atoms with E-state index in [-0.39, 0.29) is 5.41 Å². The van der Waals surface area contributed by atoms with Gasteiger partial charge in [0.05, 0.1) is 6.61 Å². The lowest BCUT2D eigenvalue weighted by molar-refractivity contribution is 0.0209. The molecule has 0 unspecified atom stereocenters. The molecule has 0 bridgehead atoms. The van der Waals surface area contributed by atoms with Gasteiger partial charge in [0.1, 0.15) is 5.75 Å². The standard InChI is InChI=1S/C14H21NO/c1-11-7-14(8-11,9-15)10-16-13-6-4-3-5-12(13)2/h3-6,11H,7-10,15H2,1-2H3. The second kappa shape index (κ2) is 4.46. The van der Waals surface area contributed by atoms with E-state index in [0.29, 0.717) is 0 Å². The Morgan fingerprint density at radius 3 is 2.62 bits per heavy atom. The minimum Gasteiger partial charge on any atom is -0.493 e.